The van der Waals surface area contributed by atoms with Crippen molar-refractivity contribution in [2.45, 2.75) is 97.6 Å². The monoisotopic (exact) mass is 647 g/mol. The first-order valence-corrected chi connectivity index (χ1v) is 18.0. The zero-order valence-electron chi connectivity index (χ0n) is 27.4. The minimum Gasteiger partial charge on any atom is -0.463 e. The fourth-order valence-corrected chi connectivity index (χ4v) is 7.23. The van der Waals surface area contributed by atoms with Gasteiger partial charge in [0, 0.05) is 6.54 Å². The average molecular weight is 648 g/mol. The number of aryl methyl sites for hydroxylation is 1. The van der Waals surface area contributed by atoms with Crippen molar-refractivity contribution >= 4 is 31.6 Å². The largest absolute Gasteiger partial charge is 0.463 e. The highest BCUT2D eigenvalue weighted by atomic mass is 31.1. The van der Waals surface area contributed by atoms with E-state index in [9.17, 15) is 23.7 Å². The normalized spacial score (nSPS) is 20.0. The second kappa shape index (κ2) is 17.7. The van der Waals surface area contributed by atoms with E-state index in [-0.39, 0.29) is 30.5 Å². The Balaban J connectivity index is 1.51. The molecule has 3 rings (SSSR count). The molecule has 0 bridgehead atoms. The van der Waals surface area contributed by atoms with Crippen LogP contribution in [0.15, 0.2) is 30.3 Å². The molecule has 10 nitrogen and oxygen atoms in total. The van der Waals surface area contributed by atoms with Gasteiger partial charge in [-0.1, -0.05) is 80.8 Å². The average Bonchev–Trinajstić information content (AvgIpc) is 3.48. The lowest BCUT2D eigenvalue weighted by Gasteiger charge is -2.27. The number of carbonyl (C=O) groups is 4. The van der Waals surface area contributed by atoms with E-state index >= 15 is 0 Å². The Labute approximate surface area is 268 Å². The predicted molar refractivity (Wildman–Crippen MR) is 172 cm³/mol. The standard InChI is InChI=1S/C34H52N2O8P/c1-24(2)30(35)32(39)42-22-34(3,4)33(40)44-23-43-31(38)28-19-27(26-16-9-6-10-17-26)20-36(28)29(37)21-45(41)18-12-11-15-25-13-7-5-8-14-25/h5,7-8,13-14,24,26-28,30H,6,9-12,15-23,35H2,1-4H3/q+1/t27-,28+,30-/m1/s1. The second-order valence-electron chi connectivity index (χ2n) is 13.5. The molecule has 1 aliphatic heterocycles. The third-order valence-electron chi connectivity index (χ3n) is 9.03. The number of unbranched alkanes of at least 4 members (excludes halogenated alkanes) is 1. The summed E-state index contributed by atoms with van der Waals surface area (Å²) in [7, 11) is -1.74. The Hall–Kier alpha value is -2.84. The van der Waals surface area contributed by atoms with Gasteiger partial charge in [0.1, 0.15) is 24.9 Å². The van der Waals surface area contributed by atoms with Crippen LogP contribution in [0.1, 0.15) is 84.6 Å². The van der Waals surface area contributed by atoms with Crippen LogP contribution >= 0.6 is 7.80 Å². The van der Waals surface area contributed by atoms with Crippen molar-refractivity contribution < 1.29 is 38.0 Å². The molecule has 2 N–H and O–H groups in total. The fraction of sp³-hybridized carbons (Fsp3) is 0.706. The first kappa shape index (κ1) is 36.6. The number of likely N-dealkylation sites (tertiary alicyclic amines) is 1. The van der Waals surface area contributed by atoms with Crippen LogP contribution in [0.25, 0.3) is 0 Å². The SMILES string of the molecule is CC(C)[C@@H](N)C(=O)OCC(C)(C)C(=O)OCOC(=O)[C@@H]1C[C@@H](C2CCCCC2)CN1C(=O)C[P+](=O)CCCCc1ccccc1. The van der Waals surface area contributed by atoms with E-state index in [4.69, 9.17) is 19.9 Å². The van der Waals surface area contributed by atoms with Crippen molar-refractivity contribution in [2.75, 3.05) is 32.3 Å². The van der Waals surface area contributed by atoms with Gasteiger partial charge < -0.3 is 24.8 Å². The molecule has 250 valence electrons. The molecule has 0 radical (unpaired) electrons. The Morgan fingerprint density at radius 3 is 2.33 bits per heavy atom. The number of carbonyl (C=O) groups excluding carboxylic acids is 4. The van der Waals surface area contributed by atoms with Crippen molar-refractivity contribution in [1.82, 2.24) is 4.90 Å². The molecule has 2 aliphatic rings. The number of hydrogen-bond donors (Lipinski definition) is 1. The molecule has 4 atom stereocenters. The minimum absolute atomic E-state index is 0.0931. The van der Waals surface area contributed by atoms with Gasteiger partial charge >= 0.3 is 25.7 Å². The molecule has 0 spiro atoms. The van der Waals surface area contributed by atoms with Crippen LogP contribution in [-0.2, 0) is 44.4 Å². The zero-order valence-corrected chi connectivity index (χ0v) is 28.3. The van der Waals surface area contributed by atoms with Crippen molar-refractivity contribution in [3.8, 4) is 0 Å². The molecule has 0 aromatic heterocycles. The molecule has 1 amide bonds. The summed E-state index contributed by atoms with van der Waals surface area (Å²) in [6.07, 6.45) is 9.05. The van der Waals surface area contributed by atoms with Gasteiger partial charge in [0.25, 0.3) is 5.91 Å². The highest BCUT2D eigenvalue weighted by molar-refractivity contribution is 7.45. The summed E-state index contributed by atoms with van der Waals surface area (Å²) < 4.78 is 28.7. The molecule has 1 aromatic carbocycles. The number of ether oxygens (including phenoxy) is 3. The summed E-state index contributed by atoms with van der Waals surface area (Å²) in [6.45, 7) is 6.28. The molecule has 2 fully saturated rings. The smallest absolute Gasteiger partial charge is 0.348 e. The Morgan fingerprint density at radius 1 is 0.978 bits per heavy atom. The summed E-state index contributed by atoms with van der Waals surface area (Å²) in [5.74, 6) is -1.75. The van der Waals surface area contributed by atoms with E-state index in [0.717, 1.165) is 44.9 Å². The van der Waals surface area contributed by atoms with Crippen LogP contribution in [0.5, 0.6) is 0 Å². The van der Waals surface area contributed by atoms with E-state index in [1.165, 1.54) is 12.0 Å². The number of nitrogens with zero attached hydrogens (tertiary/aromatic N) is 1. The van der Waals surface area contributed by atoms with Gasteiger partial charge in [0.05, 0.1) is 5.41 Å². The summed E-state index contributed by atoms with van der Waals surface area (Å²) >= 11 is 0. The molecular formula is C34H52N2O8P+. The summed E-state index contributed by atoms with van der Waals surface area (Å²) in [5.41, 5.74) is 5.86. The number of esters is 3. The van der Waals surface area contributed by atoms with Gasteiger partial charge in [0.15, 0.2) is 0 Å². The van der Waals surface area contributed by atoms with Crippen molar-refractivity contribution in [3.05, 3.63) is 35.9 Å². The molecule has 1 saturated heterocycles. The van der Waals surface area contributed by atoms with Gasteiger partial charge in [0.2, 0.25) is 13.0 Å². The third kappa shape index (κ3) is 11.5. The zero-order chi connectivity index (χ0) is 33.0. The summed E-state index contributed by atoms with van der Waals surface area (Å²) in [6, 6.07) is 8.52. The second-order valence-corrected chi connectivity index (χ2v) is 15.3. The number of rotatable bonds is 16. The number of hydrogen-bond acceptors (Lipinski definition) is 9. The maximum Gasteiger partial charge on any atom is 0.348 e. The van der Waals surface area contributed by atoms with Crippen LogP contribution in [0.2, 0.25) is 0 Å². The molecule has 1 heterocycles. The highest BCUT2D eigenvalue weighted by Crippen LogP contribution is 2.38. The number of benzene rings is 1. The maximum absolute atomic E-state index is 13.4. The van der Waals surface area contributed by atoms with Crippen LogP contribution < -0.4 is 5.73 Å². The van der Waals surface area contributed by atoms with Crippen LogP contribution in [-0.4, -0.2) is 73.1 Å². The lowest BCUT2D eigenvalue weighted by Crippen LogP contribution is -2.43. The van der Waals surface area contributed by atoms with Gasteiger partial charge in [-0.2, -0.15) is 0 Å². The Bertz CT molecular complexity index is 1150. The lowest BCUT2D eigenvalue weighted by molar-refractivity contribution is -0.179. The molecule has 1 aromatic rings. The van der Waals surface area contributed by atoms with Crippen LogP contribution in [0.4, 0.5) is 0 Å². The van der Waals surface area contributed by atoms with Gasteiger partial charge in [-0.05, 0) is 62.8 Å². The van der Waals surface area contributed by atoms with Gasteiger partial charge in [-0.25, -0.2) is 4.79 Å². The van der Waals surface area contributed by atoms with Gasteiger partial charge in [-0.15, -0.1) is 0 Å². The third-order valence-corrected chi connectivity index (χ3v) is 10.5. The molecule has 1 unspecified atom stereocenters. The van der Waals surface area contributed by atoms with Crippen molar-refractivity contribution in [3.63, 3.8) is 0 Å². The first-order valence-electron chi connectivity index (χ1n) is 16.4. The van der Waals surface area contributed by atoms with Gasteiger partial charge in [-0.3, -0.25) is 14.4 Å². The Morgan fingerprint density at radius 2 is 1.67 bits per heavy atom. The quantitative estimate of drug-likeness (QED) is 0.110. The van der Waals surface area contributed by atoms with E-state index in [1.54, 1.807) is 32.6 Å². The molecular weight excluding hydrogens is 595 g/mol. The van der Waals surface area contributed by atoms with Crippen LogP contribution in [0, 0.1) is 23.2 Å². The first-order chi connectivity index (χ1) is 21.4. The number of amides is 1. The fourth-order valence-electron chi connectivity index (χ4n) is 6.01. The highest BCUT2D eigenvalue weighted by Gasteiger charge is 2.45. The molecule has 1 aliphatic carbocycles. The van der Waals surface area contributed by atoms with E-state index in [2.05, 4.69) is 12.1 Å². The van der Waals surface area contributed by atoms with Crippen molar-refractivity contribution in [2.24, 2.45) is 28.9 Å². The van der Waals surface area contributed by atoms with E-state index < -0.39 is 50.0 Å². The Kier molecular flexibility index (Phi) is 14.4. The molecule has 1 saturated carbocycles. The van der Waals surface area contributed by atoms with Crippen molar-refractivity contribution in [1.29, 1.82) is 0 Å². The minimum atomic E-state index is -1.74. The van der Waals surface area contributed by atoms with E-state index in [0.29, 0.717) is 25.0 Å². The number of nitrogens with two attached hydrogens (primary N) is 1. The lowest BCUT2D eigenvalue weighted by atomic mass is 9.79. The van der Waals surface area contributed by atoms with E-state index in [1.807, 2.05) is 18.2 Å². The van der Waals surface area contributed by atoms with Crippen LogP contribution in [0.3, 0.4) is 0 Å². The molecule has 11 heteroatoms. The predicted octanol–water partition coefficient (Wildman–Crippen LogP) is 5.23. The maximum atomic E-state index is 13.4. The summed E-state index contributed by atoms with van der Waals surface area (Å²) in [5, 5.41) is 0. The molecule has 45 heavy (non-hydrogen) atoms. The topological polar surface area (TPSA) is 142 Å². The summed E-state index contributed by atoms with van der Waals surface area (Å²) in [4.78, 5) is 53.0.